The number of nitrogens with one attached hydrogen (secondary N) is 1. The molecule has 0 fully saturated rings. The van der Waals surface area contributed by atoms with E-state index in [4.69, 9.17) is 19.9 Å². The van der Waals surface area contributed by atoms with Crippen LogP contribution in [0.25, 0.3) is 0 Å². The highest BCUT2D eigenvalue weighted by molar-refractivity contribution is 6.02. The Morgan fingerprint density at radius 1 is 1.00 bits per heavy atom. The molecule has 0 unspecified atom stereocenters. The number of rotatable bonds is 5. The topological polar surface area (TPSA) is 99.9 Å². The third-order valence-electron chi connectivity index (χ3n) is 3.39. The fraction of sp³-hybridized carbons (Fsp3) is 0.176. The third-order valence-corrected chi connectivity index (χ3v) is 3.39. The van der Waals surface area contributed by atoms with Crippen LogP contribution in [0.5, 0.6) is 17.2 Å². The molecule has 2 aromatic rings. The molecule has 27 heavy (non-hydrogen) atoms. The van der Waals surface area contributed by atoms with E-state index in [1.165, 1.54) is 26.4 Å². The van der Waals surface area contributed by atoms with Crippen molar-refractivity contribution in [3.63, 3.8) is 0 Å². The summed E-state index contributed by atoms with van der Waals surface area (Å²) >= 11 is 0. The fourth-order valence-corrected chi connectivity index (χ4v) is 2.16. The number of carbonyl (C=O) groups excluding carboxylic acids is 2. The molecule has 144 valence electrons. The molecule has 0 spiro atoms. The van der Waals surface area contributed by atoms with E-state index in [1.807, 2.05) is 0 Å². The largest absolute Gasteiger partial charge is 0.493 e. The van der Waals surface area contributed by atoms with Crippen molar-refractivity contribution >= 4 is 17.7 Å². The summed E-state index contributed by atoms with van der Waals surface area (Å²) in [6, 6.07) is 5.17. The Labute approximate surface area is 151 Å². The molecule has 0 radical (unpaired) electrons. The van der Waals surface area contributed by atoms with E-state index in [0.29, 0.717) is 0 Å². The maximum Gasteiger partial charge on any atom is 0.416 e. The lowest BCUT2D eigenvalue weighted by Crippen LogP contribution is -2.22. The predicted octanol–water partition coefficient (Wildman–Crippen LogP) is 3.43. The van der Waals surface area contributed by atoms with Crippen LogP contribution >= 0.6 is 0 Å². The molecule has 3 N–H and O–H groups in total. The average molecular weight is 384 g/mol. The molecule has 0 aliphatic carbocycles. The number of hydrogen-bond acceptors (Lipinski definition) is 5. The number of carbonyl (C=O) groups is 2. The standard InChI is InChI=1S/C17H15F3N2O5/c1-25-13-7-11(12(22-16(21)24)8-14(13)26-2)15(23)27-10-5-3-9(4-6-10)17(18,19)20/h3-8H,1-2H3,(H3,21,22,24). The van der Waals surface area contributed by atoms with E-state index in [1.54, 1.807) is 0 Å². The minimum absolute atomic E-state index is 0.0166. The Morgan fingerprint density at radius 2 is 1.56 bits per heavy atom. The van der Waals surface area contributed by atoms with Crippen molar-refractivity contribution in [2.45, 2.75) is 6.18 Å². The molecule has 0 saturated heterocycles. The SMILES string of the molecule is COc1cc(NC(N)=O)c(C(=O)Oc2ccc(C(F)(F)F)cc2)cc1OC. The molecule has 2 amide bonds. The number of ether oxygens (including phenoxy) is 3. The monoisotopic (exact) mass is 384 g/mol. The van der Waals surface area contributed by atoms with Crippen LogP contribution in [0.2, 0.25) is 0 Å². The van der Waals surface area contributed by atoms with Gasteiger partial charge in [0.05, 0.1) is 31.0 Å². The second-order valence-corrected chi connectivity index (χ2v) is 5.15. The molecule has 2 aromatic carbocycles. The number of methoxy groups -OCH3 is 2. The van der Waals surface area contributed by atoms with Crippen LogP contribution in [0.15, 0.2) is 36.4 Å². The highest BCUT2D eigenvalue weighted by Crippen LogP contribution is 2.34. The van der Waals surface area contributed by atoms with Gasteiger partial charge in [-0.25, -0.2) is 9.59 Å². The summed E-state index contributed by atoms with van der Waals surface area (Å²) in [6.45, 7) is 0. The number of benzene rings is 2. The lowest BCUT2D eigenvalue weighted by Gasteiger charge is -2.14. The van der Waals surface area contributed by atoms with Gasteiger partial charge in [0.25, 0.3) is 0 Å². The summed E-state index contributed by atoms with van der Waals surface area (Å²) in [7, 11) is 2.69. The van der Waals surface area contributed by atoms with E-state index in [0.717, 1.165) is 24.3 Å². The first kappa shape index (κ1) is 19.9. The van der Waals surface area contributed by atoms with Gasteiger partial charge in [-0.05, 0) is 24.3 Å². The van der Waals surface area contributed by atoms with Gasteiger partial charge < -0.3 is 25.3 Å². The van der Waals surface area contributed by atoms with Crippen molar-refractivity contribution < 1.29 is 37.0 Å². The fourth-order valence-electron chi connectivity index (χ4n) is 2.16. The first-order chi connectivity index (χ1) is 12.7. The van der Waals surface area contributed by atoms with Gasteiger partial charge in [0.2, 0.25) is 0 Å². The van der Waals surface area contributed by atoms with Gasteiger partial charge in [-0.3, -0.25) is 0 Å². The van der Waals surface area contributed by atoms with Crippen LogP contribution in [0.1, 0.15) is 15.9 Å². The Hall–Kier alpha value is -3.43. The number of esters is 1. The molecule has 0 saturated carbocycles. The number of nitrogens with two attached hydrogens (primary N) is 1. The van der Waals surface area contributed by atoms with Crippen molar-refractivity contribution in [2.24, 2.45) is 5.73 Å². The van der Waals surface area contributed by atoms with E-state index in [-0.39, 0.29) is 28.5 Å². The zero-order chi connectivity index (χ0) is 20.2. The van der Waals surface area contributed by atoms with E-state index in [2.05, 4.69) is 5.32 Å². The molecule has 0 aliphatic heterocycles. The van der Waals surface area contributed by atoms with Crippen LogP contribution in [-0.2, 0) is 6.18 Å². The number of urea groups is 1. The van der Waals surface area contributed by atoms with Gasteiger partial charge in [0, 0.05) is 12.1 Å². The first-order valence-electron chi connectivity index (χ1n) is 7.37. The Morgan fingerprint density at radius 3 is 2.04 bits per heavy atom. The quantitative estimate of drug-likeness (QED) is 0.608. The minimum atomic E-state index is -4.51. The summed E-state index contributed by atoms with van der Waals surface area (Å²) in [6.07, 6.45) is -4.51. The highest BCUT2D eigenvalue weighted by atomic mass is 19.4. The summed E-state index contributed by atoms with van der Waals surface area (Å²) in [5.41, 5.74) is 4.05. The maximum absolute atomic E-state index is 12.6. The summed E-state index contributed by atoms with van der Waals surface area (Å²) < 4.78 is 53.0. The second kappa shape index (κ2) is 7.85. The zero-order valence-corrected chi connectivity index (χ0v) is 14.2. The smallest absolute Gasteiger partial charge is 0.416 e. The summed E-state index contributed by atoms with van der Waals surface area (Å²) in [5.74, 6) is -0.675. The molecule has 0 heterocycles. The van der Waals surface area contributed by atoms with E-state index >= 15 is 0 Å². The van der Waals surface area contributed by atoms with E-state index < -0.39 is 23.7 Å². The molecule has 0 aliphatic rings. The van der Waals surface area contributed by atoms with Crippen molar-refractivity contribution in [3.8, 4) is 17.2 Å². The number of amides is 2. The number of alkyl halides is 3. The van der Waals surface area contributed by atoms with Crippen LogP contribution in [0.3, 0.4) is 0 Å². The normalized spacial score (nSPS) is 10.9. The molecule has 7 nitrogen and oxygen atoms in total. The van der Waals surface area contributed by atoms with Crippen LogP contribution in [0, 0.1) is 0 Å². The second-order valence-electron chi connectivity index (χ2n) is 5.15. The predicted molar refractivity (Wildman–Crippen MR) is 89.2 cm³/mol. The maximum atomic E-state index is 12.6. The minimum Gasteiger partial charge on any atom is -0.493 e. The highest BCUT2D eigenvalue weighted by Gasteiger charge is 2.30. The van der Waals surface area contributed by atoms with Crippen LogP contribution in [0.4, 0.5) is 23.7 Å². The van der Waals surface area contributed by atoms with Crippen molar-refractivity contribution in [1.82, 2.24) is 0 Å². The molecule has 10 heteroatoms. The van der Waals surface area contributed by atoms with E-state index in [9.17, 15) is 22.8 Å². The Balaban J connectivity index is 2.35. The lowest BCUT2D eigenvalue weighted by atomic mass is 10.1. The molecule has 2 rings (SSSR count). The first-order valence-corrected chi connectivity index (χ1v) is 7.37. The third kappa shape index (κ3) is 4.81. The lowest BCUT2D eigenvalue weighted by molar-refractivity contribution is -0.137. The number of anilines is 1. The van der Waals surface area contributed by atoms with Gasteiger partial charge in [-0.15, -0.1) is 0 Å². The number of halogens is 3. The molecular formula is C17H15F3N2O5. The summed E-state index contributed by atoms with van der Waals surface area (Å²) in [4.78, 5) is 23.6. The summed E-state index contributed by atoms with van der Waals surface area (Å²) in [5, 5.41) is 2.25. The average Bonchev–Trinajstić information content (AvgIpc) is 2.60. The molecule has 0 aromatic heterocycles. The van der Waals surface area contributed by atoms with Gasteiger partial charge in [-0.2, -0.15) is 13.2 Å². The Kier molecular flexibility index (Phi) is 5.78. The molecular weight excluding hydrogens is 369 g/mol. The van der Waals surface area contributed by atoms with Crippen molar-refractivity contribution in [2.75, 3.05) is 19.5 Å². The zero-order valence-electron chi connectivity index (χ0n) is 14.2. The van der Waals surface area contributed by atoms with Crippen LogP contribution < -0.4 is 25.3 Å². The Bertz CT molecular complexity index is 851. The number of hydrogen-bond donors (Lipinski definition) is 2. The van der Waals surface area contributed by atoms with Crippen LogP contribution in [-0.4, -0.2) is 26.2 Å². The molecule has 0 atom stereocenters. The van der Waals surface area contributed by atoms with Crippen molar-refractivity contribution in [3.05, 3.63) is 47.5 Å². The van der Waals surface area contributed by atoms with Gasteiger partial charge >= 0.3 is 18.2 Å². The number of primary amides is 1. The van der Waals surface area contributed by atoms with Gasteiger partial charge in [0.1, 0.15) is 5.75 Å². The van der Waals surface area contributed by atoms with Gasteiger partial charge in [-0.1, -0.05) is 0 Å². The van der Waals surface area contributed by atoms with Gasteiger partial charge in [0.15, 0.2) is 11.5 Å². The molecule has 0 bridgehead atoms. The van der Waals surface area contributed by atoms with Crippen molar-refractivity contribution in [1.29, 1.82) is 0 Å².